The van der Waals surface area contributed by atoms with E-state index < -0.39 is 11.8 Å². The normalized spacial score (nSPS) is 15.7. The molecule has 1 aromatic heterocycles. The Bertz CT molecular complexity index is 645. The first-order valence-electron chi connectivity index (χ1n) is 6.73. The van der Waals surface area contributed by atoms with Crippen LogP contribution >= 0.6 is 0 Å². The molecular formula is C15H15FN2O2. The van der Waals surface area contributed by atoms with Crippen molar-refractivity contribution in [2.24, 2.45) is 0 Å². The van der Waals surface area contributed by atoms with E-state index in [1.807, 2.05) is 4.68 Å². The lowest BCUT2D eigenvalue weighted by Gasteiger charge is -2.08. The van der Waals surface area contributed by atoms with Crippen LogP contribution in [-0.4, -0.2) is 20.9 Å². The molecule has 0 amide bonds. The number of carboxylic acid groups (broad SMARTS) is 1. The van der Waals surface area contributed by atoms with Gasteiger partial charge in [0, 0.05) is 17.3 Å². The van der Waals surface area contributed by atoms with Crippen molar-refractivity contribution in [3.63, 3.8) is 0 Å². The number of carbonyl (C=O) groups is 1. The van der Waals surface area contributed by atoms with Crippen LogP contribution in [0.4, 0.5) is 4.39 Å². The van der Waals surface area contributed by atoms with Gasteiger partial charge in [-0.1, -0.05) is 25.0 Å². The van der Waals surface area contributed by atoms with Crippen LogP contribution in [0, 0.1) is 5.82 Å². The maximum absolute atomic E-state index is 14.2. The minimum absolute atomic E-state index is 0.286. The third kappa shape index (κ3) is 2.19. The van der Waals surface area contributed by atoms with Gasteiger partial charge in [-0.15, -0.1) is 0 Å². The first-order chi connectivity index (χ1) is 9.66. The monoisotopic (exact) mass is 274 g/mol. The van der Waals surface area contributed by atoms with Crippen molar-refractivity contribution in [1.29, 1.82) is 0 Å². The van der Waals surface area contributed by atoms with Gasteiger partial charge in [-0.25, -0.2) is 9.18 Å². The number of nitrogens with zero attached hydrogens (tertiary/aromatic N) is 2. The van der Waals surface area contributed by atoms with Gasteiger partial charge in [-0.05, 0) is 18.9 Å². The second-order valence-electron chi connectivity index (χ2n) is 5.12. The Balaban J connectivity index is 1.97. The molecule has 2 aromatic rings. The number of hydrogen-bond donors (Lipinski definition) is 1. The zero-order valence-corrected chi connectivity index (χ0v) is 10.9. The lowest BCUT2D eigenvalue weighted by atomic mass is 10.1. The van der Waals surface area contributed by atoms with Gasteiger partial charge in [0.25, 0.3) is 0 Å². The highest BCUT2D eigenvalue weighted by Gasteiger charge is 2.20. The van der Waals surface area contributed by atoms with E-state index in [1.54, 1.807) is 24.5 Å². The van der Waals surface area contributed by atoms with Crippen LogP contribution in [0.25, 0.3) is 11.1 Å². The van der Waals surface area contributed by atoms with E-state index in [4.69, 9.17) is 5.11 Å². The summed E-state index contributed by atoms with van der Waals surface area (Å²) in [6.07, 6.45) is 7.99. The number of benzene rings is 1. The Kier molecular flexibility index (Phi) is 3.26. The lowest BCUT2D eigenvalue weighted by Crippen LogP contribution is -2.04. The van der Waals surface area contributed by atoms with Crippen LogP contribution in [-0.2, 0) is 0 Å². The lowest BCUT2D eigenvalue weighted by molar-refractivity contribution is 0.0692. The highest BCUT2D eigenvalue weighted by Crippen LogP contribution is 2.31. The van der Waals surface area contributed by atoms with Crippen molar-refractivity contribution in [3.8, 4) is 11.1 Å². The van der Waals surface area contributed by atoms with Crippen molar-refractivity contribution in [1.82, 2.24) is 9.78 Å². The van der Waals surface area contributed by atoms with E-state index in [2.05, 4.69) is 5.10 Å². The van der Waals surface area contributed by atoms with Crippen LogP contribution in [0.2, 0.25) is 0 Å². The van der Waals surface area contributed by atoms with Crippen molar-refractivity contribution < 1.29 is 14.3 Å². The minimum Gasteiger partial charge on any atom is -0.478 e. The molecule has 1 aliphatic carbocycles. The molecule has 0 aliphatic heterocycles. The minimum atomic E-state index is -1.26. The van der Waals surface area contributed by atoms with E-state index in [0.29, 0.717) is 11.6 Å². The molecule has 104 valence electrons. The highest BCUT2D eigenvalue weighted by molar-refractivity contribution is 5.89. The van der Waals surface area contributed by atoms with Crippen LogP contribution < -0.4 is 0 Å². The summed E-state index contributed by atoms with van der Waals surface area (Å²) in [7, 11) is 0. The highest BCUT2D eigenvalue weighted by atomic mass is 19.1. The van der Waals surface area contributed by atoms with E-state index >= 15 is 0 Å². The standard InChI is InChI=1S/C15H15FN2O2/c16-14-12(6-3-7-13(14)15(19)20)10-8-17-18(9-10)11-4-1-2-5-11/h3,6-9,11H,1-2,4-5H2,(H,19,20). The number of halogens is 1. The quantitative estimate of drug-likeness (QED) is 0.931. The summed E-state index contributed by atoms with van der Waals surface area (Å²) < 4.78 is 16.0. The first kappa shape index (κ1) is 12.8. The zero-order valence-electron chi connectivity index (χ0n) is 10.9. The molecule has 0 saturated heterocycles. The second-order valence-corrected chi connectivity index (χ2v) is 5.12. The molecule has 1 heterocycles. The van der Waals surface area contributed by atoms with E-state index in [0.717, 1.165) is 12.8 Å². The number of carboxylic acids is 1. The van der Waals surface area contributed by atoms with Crippen molar-refractivity contribution >= 4 is 5.97 Å². The summed E-state index contributed by atoms with van der Waals surface area (Å²) in [6, 6.07) is 4.78. The molecule has 0 atom stereocenters. The maximum atomic E-state index is 14.2. The van der Waals surface area contributed by atoms with E-state index in [9.17, 15) is 9.18 Å². The maximum Gasteiger partial charge on any atom is 0.338 e. The van der Waals surface area contributed by atoms with Crippen LogP contribution in [0.3, 0.4) is 0 Å². The first-order valence-corrected chi connectivity index (χ1v) is 6.73. The summed E-state index contributed by atoms with van der Waals surface area (Å²) >= 11 is 0. The molecule has 1 fully saturated rings. The van der Waals surface area contributed by atoms with Crippen LogP contribution in [0.1, 0.15) is 42.1 Å². The Morgan fingerprint density at radius 1 is 1.35 bits per heavy atom. The van der Waals surface area contributed by atoms with Gasteiger partial charge < -0.3 is 5.11 Å². The number of hydrogen-bond acceptors (Lipinski definition) is 2. The van der Waals surface area contributed by atoms with E-state index in [1.165, 1.54) is 18.9 Å². The summed E-state index contributed by atoms with van der Waals surface area (Å²) in [5.74, 6) is -1.96. The molecule has 1 N–H and O–H groups in total. The number of aromatic carboxylic acids is 1. The largest absolute Gasteiger partial charge is 0.478 e. The van der Waals surface area contributed by atoms with E-state index in [-0.39, 0.29) is 11.1 Å². The Morgan fingerprint density at radius 3 is 2.80 bits per heavy atom. The molecule has 0 radical (unpaired) electrons. The van der Waals surface area contributed by atoms with Gasteiger partial charge in [-0.2, -0.15) is 5.10 Å². The summed E-state index contributed by atoms with van der Waals surface area (Å²) in [6.45, 7) is 0. The van der Waals surface area contributed by atoms with Crippen LogP contribution in [0.5, 0.6) is 0 Å². The summed E-state index contributed by atoms with van der Waals surface area (Å²) in [5, 5.41) is 13.2. The fourth-order valence-electron chi connectivity index (χ4n) is 2.77. The molecule has 1 aliphatic rings. The molecular weight excluding hydrogens is 259 g/mol. The fraction of sp³-hybridized carbons (Fsp3) is 0.333. The Labute approximate surface area is 115 Å². The molecule has 0 unspecified atom stereocenters. The predicted octanol–water partition coefficient (Wildman–Crippen LogP) is 3.50. The molecule has 0 spiro atoms. The topological polar surface area (TPSA) is 55.1 Å². The molecule has 20 heavy (non-hydrogen) atoms. The number of rotatable bonds is 3. The molecule has 1 saturated carbocycles. The molecule has 3 rings (SSSR count). The van der Waals surface area contributed by atoms with Crippen molar-refractivity contribution in [3.05, 3.63) is 42.0 Å². The SMILES string of the molecule is O=C(O)c1cccc(-c2cnn(C3CCCC3)c2)c1F. The second kappa shape index (κ2) is 5.07. The predicted molar refractivity (Wildman–Crippen MR) is 72.1 cm³/mol. The summed E-state index contributed by atoms with van der Waals surface area (Å²) in [4.78, 5) is 11.0. The smallest absolute Gasteiger partial charge is 0.338 e. The van der Waals surface area contributed by atoms with Gasteiger partial charge in [-0.3, -0.25) is 4.68 Å². The average Bonchev–Trinajstić information content (AvgIpc) is 3.09. The van der Waals surface area contributed by atoms with Gasteiger partial charge in [0.1, 0.15) is 5.82 Å². The average molecular weight is 274 g/mol. The fourth-order valence-corrected chi connectivity index (χ4v) is 2.77. The van der Waals surface area contributed by atoms with Gasteiger partial charge in [0.15, 0.2) is 0 Å². The molecule has 4 nitrogen and oxygen atoms in total. The summed E-state index contributed by atoms with van der Waals surface area (Å²) in [5.41, 5.74) is 0.600. The Morgan fingerprint density at radius 2 is 2.10 bits per heavy atom. The zero-order chi connectivity index (χ0) is 14.1. The third-order valence-electron chi connectivity index (χ3n) is 3.84. The van der Waals surface area contributed by atoms with Crippen molar-refractivity contribution in [2.45, 2.75) is 31.7 Å². The molecule has 1 aromatic carbocycles. The third-order valence-corrected chi connectivity index (χ3v) is 3.84. The van der Waals surface area contributed by atoms with Gasteiger partial charge >= 0.3 is 5.97 Å². The van der Waals surface area contributed by atoms with Crippen molar-refractivity contribution in [2.75, 3.05) is 0 Å². The molecule has 0 bridgehead atoms. The van der Waals surface area contributed by atoms with Crippen LogP contribution in [0.15, 0.2) is 30.6 Å². The number of aromatic nitrogens is 2. The van der Waals surface area contributed by atoms with Gasteiger partial charge in [0.05, 0.1) is 17.8 Å². The Hall–Kier alpha value is -2.17. The van der Waals surface area contributed by atoms with Gasteiger partial charge in [0.2, 0.25) is 0 Å². The molecule has 5 heteroatoms.